The van der Waals surface area contributed by atoms with E-state index in [-0.39, 0.29) is 31.7 Å². The average Bonchev–Trinajstić information content (AvgIpc) is 2.81. The van der Waals surface area contributed by atoms with Gasteiger partial charge >= 0.3 is 5.97 Å². The number of nitro groups is 1. The van der Waals surface area contributed by atoms with Crippen LogP contribution >= 0.6 is 34.5 Å². The Morgan fingerprint density at radius 1 is 1.43 bits per heavy atom. The predicted octanol–water partition coefficient (Wildman–Crippen LogP) is 3.94. The molecule has 0 amide bonds. The fourth-order valence-electron chi connectivity index (χ4n) is 1.33. The van der Waals surface area contributed by atoms with Gasteiger partial charge in [-0.05, 0) is 6.07 Å². The van der Waals surface area contributed by atoms with Gasteiger partial charge in [-0.15, -0.1) is 0 Å². The number of halogens is 2. The van der Waals surface area contributed by atoms with Crippen molar-refractivity contribution in [2.45, 2.75) is 0 Å². The molecule has 1 heterocycles. The molecule has 10 heteroatoms. The van der Waals surface area contributed by atoms with Crippen LogP contribution in [0.1, 0.15) is 9.67 Å². The van der Waals surface area contributed by atoms with E-state index in [1.165, 1.54) is 19.2 Å². The molecule has 1 aromatic carbocycles. The van der Waals surface area contributed by atoms with Gasteiger partial charge in [0.05, 0.1) is 17.1 Å². The third-order valence-electron chi connectivity index (χ3n) is 2.26. The van der Waals surface area contributed by atoms with Gasteiger partial charge in [-0.2, -0.15) is 4.98 Å². The quantitative estimate of drug-likeness (QED) is 0.472. The zero-order chi connectivity index (χ0) is 15.6. The lowest BCUT2D eigenvalue weighted by molar-refractivity contribution is -0.384. The molecule has 0 bridgehead atoms. The monoisotopic (exact) mass is 348 g/mol. The minimum atomic E-state index is -0.637. The number of non-ortho nitro benzene ring substituents is 1. The van der Waals surface area contributed by atoms with Gasteiger partial charge < -0.3 is 9.47 Å². The molecule has 7 nitrogen and oxygen atoms in total. The summed E-state index contributed by atoms with van der Waals surface area (Å²) in [6, 6.07) is 3.71. The normalized spacial score (nSPS) is 10.2. The molecule has 0 aliphatic carbocycles. The molecule has 0 atom stereocenters. The average molecular weight is 349 g/mol. The number of rotatable bonds is 4. The number of esters is 1. The summed E-state index contributed by atoms with van der Waals surface area (Å²) in [5.41, 5.74) is -0.167. The van der Waals surface area contributed by atoms with Crippen molar-refractivity contribution in [1.82, 2.24) is 4.98 Å². The molecule has 0 N–H and O–H groups in total. The first-order valence-corrected chi connectivity index (χ1v) is 6.86. The van der Waals surface area contributed by atoms with Crippen molar-refractivity contribution in [3.05, 3.63) is 43.4 Å². The molecule has 0 radical (unpaired) electrons. The van der Waals surface area contributed by atoms with Gasteiger partial charge in [0.1, 0.15) is 5.75 Å². The maximum atomic E-state index is 11.4. The van der Waals surface area contributed by atoms with Gasteiger partial charge in [0, 0.05) is 12.1 Å². The van der Waals surface area contributed by atoms with Gasteiger partial charge in [0.15, 0.2) is 10.0 Å². The van der Waals surface area contributed by atoms with Crippen LogP contribution in [0.3, 0.4) is 0 Å². The fourth-order valence-corrected chi connectivity index (χ4v) is 2.60. The molecule has 0 unspecified atom stereocenters. The molecule has 0 aliphatic heterocycles. The summed E-state index contributed by atoms with van der Waals surface area (Å²) >= 11 is 12.5. The topological polar surface area (TPSA) is 91.6 Å². The molecular formula is C11H6Cl2N2O5S. The maximum absolute atomic E-state index is 11.4. The van der Waals surface area contributed by atoms with Gasteiger partial charge in [-0.1, -0.05) is 34.5 Å². The van der Waals surface area contributed by atoms with Crippen molar-refractivity contribution in [3.8, 4) is 10.9 Å². The number of nitro benzene ring substituents is 1. The number of carbonyl (C=O) groups is 1. The van der Waals surface area contributed by atoms with Crippen molar-refractivity contribution >= 4 is 46.2 Å². The standard InChI is InChI=1S/C11H6Cl2N2O5S/c1-19-10(16)8-9(13)14-11(21-8)20-7-3-2-5(15(17)18)4-6(7)12/h2-4H,1H3. The van der Waals surface area contributed by atoms with Gasteiger partial charge in [-0.3, -0.25) is 10.1 Å². The van der Waals surface area contributed by atoms with Crippen molar-refractivity contribution in [2.24, 2.45) is 0 Å². The Bertz CT molecular complexity index is 719. The van der Waals surface area contributed by atoms with E-state index in [0.29, 0.717) is 0 Å². The molecule has 21 heavy (non-hydrogen) atoms. The van der Waals surface area contributed by atoms with E-state index < -0.39 is 10.9 Å². The van der Waals surface area contributed by atoms with Crippen LogP contribution in [0.25, 0.3) is 0 Å². The van der Waals surface area contributed by atoms with Crippen molar-refractivity contribution in [1.29, 1.82) is 0 Å². The number of benzene rings is 1. The maximum Gasteiger partial charge on any atom is 0.351 e. The summed E-state index contributed by atoms with van der Waals surface area (Å²) in [6.07, 6.45) is 0. The molecule has 2 aromatic rings. The molecule has 1 aromatic heterocycles. The van der Waals surface area contributed by atoms with Crippen LogP contribution in [0, 0.1) is 10.1 Å². The lowest BCUT2D eigenvalue weighted by Crippen LogP contribution is -1.98. The van der Waals surface area contributed by atoms with Crippen LogP contribution in [-0.4, -0.2) is 23.0 Å². The van der Waals surface area contributed by atoms with Gasteiger partial charge in [0.25, 0.3) is 10.9 Å². The Morgan fingerprint density at radius 2 is 2.14 bits per heavy atom. The lowest BCUT2D eigenvalue weighted by atomic mass is 10.3. The van der Waals surface area contributed by atoms with Crippen molar-refractivity contribution in [3.63, 3.8) is 0 Å². The molecule has 0 saturated carbocycles. The largest absolute Gasteiger partial charge is 0.465 e. The summed E-state index contributed by atoms with van der Waals surface area (Å²) in [4.78, 5) is 25.4. The highest BCUT2D eigenvalue weighted by Gasteiger charge is 2.19. The molecule has 2 rings (SSSR count). The first-order chi connectivity index (χ1) is 9.92. The number of ether oxygens (including phenoxy) is 2. The first kappa shape index (κ1) is 15.5. The number of nitrogens with zero attached hydrogens (tertiary/aromatic N) is 2. The second-order valence-corrected chi connectivity index (χ2v) is 5.29. The minimum Gasteiger partial charge on any atom is -0.465 e. The van der Waals surface area contributed by atoms with E-state index in [4.69, 9.17) is 27.9 Å². The molecule has 0 spiro atoms. The second kappa shape index (κ2) is 6.25. The smallest absolute Gasteiger partial charge is 0.351 e. The highest BCUT2D eigenvalue weighted by molar-refractivity contribution is 7.15. The van der Waals surface area contributed by atoms with Crippen LogP contribution in [0.4, 0.5) is 5.69 Å². The third kappa shape index (κ3) is 3.41. The Morgan fingerprint density at radius 3 is 2.71 bits per heavy atom. The van der Waals surface area contributed by atoms with Crippen LogP contribution in [0.15, 0.2) is 18.2 Å². The Hall–Kier alpha value is -1.90. The Kier molecular flexibility index (Phi) is 4.61. The molecule has 110 valence electrons. The van der Waals surface area contributed by atoms with E-state index in [9.17, 15) is 14.9 Å². The number of methoxy groups -OCH3 is 1. The fraction of sp³-hybridized carbons (Fsp3) is 0.0909. The molecular weight excluding hydrogens is 343 g/mol. The minimum absolute atomic E-state index is 0.0372. The Labute approximate surface area is 132 Å². The summed E-state index contributed by atoms with van der Waals surface area (Å²) in [5, 5.41) is 10.7. The summed E-state index contributed by atoms with van der Waals surface area (Å²) < 4.78 is 9.90. The SMILES string of the molecule is COC(=O)c1sc(Oc2ccc([N+](=O)[O-])cc2Cl)nc1Cl. The number of hydrogen-bond acceptors (Lipinski definition) is 7. The third-order valence-corrected chi connectivity index (χ3v) is 3.85. The summed E-state index contributed by atoms with van der Waals surface area (Å²) in [6.45, 7) is 0. The van der Waals surface area contributed by atoms with Crippen molar-refractivity contribution in [2.75, 3.05) is 7.11 Å². The predicted molar refractivity (Wildman–Crippen MR) is 76.6 cm³/mol. The van der Waals surface area contributed by atoms with E-state index in [2.05, 4.69) is 9.72 Å². The van der Waals surface area contributed by atoms with E-state index in [0.717, 1.165) is 17.4 Å². The number of aromatic nitrogens is 1. The molecule has 0 aliphatic rings. The Balaban J connectivity index is 2.26. The van der Waals surface area contributed by atoms with E-state index in [1.807, 2.05) is 0 Å². The van der Waals surface area contributed by atoms with E-state index >= 15 is 0 Å². The number of thiazole rings is 1. The van der Waals surface area contributed by atoms with Gasteiger partial charge in [-0.25, -0.2) is 4.79 Å². The number of hydrogen-bond donors (Lipinski definition) is 0. The van der Waals surface area contributed by atoms with Crippen LogP contribution < -0.4 is 4.74 Å². The zero-order valence-electron chi connectivity index (χ0n) is 10.3. The zero-order valence-corrected chi connectivity index (χ0v) is 12.7. The van der Waals surface area contributed by atoms with Crippen LogP contribution in [-0.2, 0) is 4.74 Å². The highest BCUT2D eigenvalue weighted by atomic mass is 35.5. The lowest BCUT2D eigenvalue weighted by Gasteiger charge is -2.03. The summed E-state index contributed by atoms with van der Waals surface area (Å²) in [5.74, 6) is -0.480. The molecule has 0 fully saturated rings. The van der Waals surface area contributed by atoms with Crippen molar-refractivity contribution < 1.29 is 19.2 Å². The van der Waals surface area contributed by atoms with Gasteiger partial charge in [0.2, 0.25) is 0 Å². The van der Waals surface area contributed by atoms with Crippen LogP contribution in [0.5, 0.6) is 10.9 Å². The highest BCUT2D eigenvalue weighted by Crippen LogP contribution is 2.36. The van der Waals surface area contributed by atoms with E-state index in [1.54, 1.807) is 0 Å². The first-order valence-electron chi connectivity index (χ1n) is 5.28. The second-order valence-electron chi connectivity index (χ2n) is 3.57. The summed E-state index contributed by atoms with van der Waals surface area (Å²) in [7, 11) is 1.21. The van der Waals surface area contributed by atoms with Crippen LogP contribution in [0.2, 0.25) is 10.2 Å². The molecule has 0 saturated heterocycles. The number of carbonyl (C=O) groups excluding carboxylic acids is 1.